The Labute approximate surface area is 242 Å². The lowest BCUT2D eigenvalue weighted by Gasteiger charge is -2.36. The van der Waals surface area contributed by atoms with Crippen LogP contribution in [0.25, 0.3) is 10.6 Å². The molecular formula is C26H33N9O4S2. The van der Waals surface area contributed by atoms with E-state index in [0.29, 0.717) is 48.1 Å². The maximum absolute atomic E-state index is 13.4. The molecule has 3 aliphatic rings. The average molecular weight is 600 g/mol. The molecule has 3 aromatic rings. The maximum Gasteiger partial charge on any atom is 0.280 e. The van der Waals surface area contributed by atoms with Crippen molar-refractivity contribution >= 4 is 33.1 Å². The number of hydrogen-bond donors (Lipinski definition) is 2. The number of aromatic nitrogens is 5. The number of carbonyl (C=O) groups excluding carboxylic acids is 1. The van der Waals surface area contributed by atoms with Crippen LogP contribution in [0.15, 0.2) is 31.0 Å². The summed E-state index contributed by atoms with van der Waals surface area (Å²) in [6.45, 7) is 6.60. The first-order chi connectivity index (χ1) is 19.9. The van der Waals surface area contributed by atoms with Crippen molar-refractivity contribution in [2.45, 2.75) is 49.9 Å². The Morgan fingerprint density at radius 2 is 1.90 bits per heavy atom. The van der Waals surface area contributed by atoms with Gasteiger partial charge in [0, 0.05) is 51.0 Å². The number of rotatable bonds is 12. The Bertz CT molecular complexity index is 1490. The van der Waals surface area contributed by atoms with Gasteiger partial charge in [-0.2, -0.15) is 0 Å². The van der Waals surface area contributed by atoms with Crippen LogP contribution in [-0.2, 0) is 10.0 Å². The molecule has 1 amide bonds. The summed E-state index contributed by atoms with van der Waals surface area (Å²) >= 11 is 1.21. The Morgan fingerprint density at radius 1 is 1.10 bits per heavy atom. The first kappa shape index (κ1) is 27.9. The van der Waals surface area contributed by atoms with Crippen LogP contribution in [-0.4, -0.2) is 99.7 Å². The molecule has 1 saturated heterocycles. The van der Waals surface area contributed by atoms with Crippen LogP contribution in [0.4, 0.5) is 5.82 Å². The van der Waals surface area contributed by atoms with Gasteiger partial charge in [0.1, 0.15) is 17.8 Å². The maximum atomic E-state index is 13.4. The highest BCUT2D eigenvalue weighted by Crippen LogP contribution is 2.31. The molecule has 6 rings (SSSR count). The molecule has 0 aromatic carbocycles. The zero-order chi connectivity index (χ0) is 28.4. The van der Waals surface area contributed by atoms with E-state index in [4.69, 9.17) is 4.74 Å². The number of carbonyl (C=O) groups is 1. The van der Waals surface area contributed by atoms with Crippen molar-refractivity contribution in [3.8, 4) is 16.5 Å². The van der Waals surface area contributed by atoms with Crippen molar-refractivity contribution in [2.24, 2.45) is 0 Å². The Morgan fingerprint density at radius 3 is 2.63 bits per heavy atom. The second-order valence-corrected chi connectivity index (χ2v) is 13.5. The molecule has 15 heteroatoms. The van der Waals surface area contributed by atoms with Gasteiger partial charge >= 0.3 is 0 Å². The van der Waals surface area contributed by atoms with Crippen LogP contribution in [0, 0.1) is 0 Å². The summed E-state index contributed by atoms with van der Waals surface area (Å²) in [7, 11) is -3.49. The summed E-state index contributed by atoms with van der Waals surface area (Å²) in [5, 5.41) is 2.99. The van der Waals surface area contributed by atoms with Crippen molar-refractivity contribution in [1.29, 1.82) is 0 Å². The summed E-state index contributed by atoms with van der Waals surface area (Å²) in [4.78, 5) is 40.5. The fourth-order valence-electron chi connectivity index (χ4n) is 4.85. The molecule has 2 aliphatic carbocycles. The molecule has 0 bridgehead atoms. The quantitative estimate of drug-likeness (QED) is 0.314. The number of anilines is 1. The lowest BCUT2D eigenvalue weighted by Crippen LogP contribution is -2.49. The van der Waals surface area contributed by atoms with Crippen LogP contribution >= 0.6 is 11.3 Å². The molecule has 3 fully saturated rings. The highest BCUT2D eigenvalue weighted by atomic mass is 32.2. The summed E-state index contributed by atoms with van der Waals surface area (Å²) < 4.78 is 33.0. The monoisotopic (exact) mass is 599 g/mol. The standard InChI is InChI=1S/C26H33N9O4S2/c1-2-39-24-14-27-12-20(31-24)22-13-28-26(40-22)25(36)32-21(15-34-7-9-35(10-8-34)17-3-4-17)19-11-23(30-16-29-19)33-41(37,38)18-5-6-18/h11-14,16-18,21H,2-10,15H2,1H3,(H,32,36)(H,29,30,33). The van der Waals surface area contributed by atoms with E-state index in [0.717, 1.165) is 32.2 Å². The number of sulfonamides is 1. The van der Waals surface area contributed by atoms with Crippen LogP contribution in [0.5, 0.6) is 5.88 Å². The van der Waals surface area contributed by atoms with Gasteiger partial charge < -0.3 is 10.1 Å². The number of amides is 1. The number of nitrogens with zero attached hydrogens (tertiary/aromatic N) is 7. The Balaban J connectivity index is 1.19. The number of piperazine rings is 1. The van der Waals surface area contributed by atoms with Gasteiger partial charge in [0.05, 0.1) is 40.9 Å². The summed E-state index contributed by atoms with van der Waals surface area (Å²) in [6.07, 6.45) is 9.92. The van der Waals surface area contributed by atoms with Crippen molar-refractivity contribution in [3.05, 3.63) is 41.7 Å². The fourth-order valence-corrected chi connectivity index (χ4v) is 6.95. The molecule has 41 heavy (non-hydrogen) atoms. The van der Waals surface area contributed by atoms with E-state index < -0.39 is 16.1 Å². The van der Waals surface area contributed by atoms with Gasteiger partial charge in [-0.25, -0.2) is 28.4 Å². The van der Waals surface area contributed by atoms with E-state index in [1.165, 1.54) is 36.7 Å². The second kappa shape index (κ2) is 11.9. The van der Waals surface area contributed by atoms with Crippen molar-refractivity contribution in [2.75, 3.05) is 44.1 Å². The van der Waals surface area contributed by atoms with Gasteiger partial charge in [0.25, 0.3) is 5.91 Å². The molecule has 218 valence electrons. The smallest absolute Gasteiger partial charge is 0.280 e. The van der Waals surface area contributed by atoms with E-state index in [-0.39, 0.29) is 22.0 Å². The third kappa shape index (κ3) is 6.97. The molecule has 1 aliphatic heterocycles. The van der Waals surface area contributed by atoms with Crippen molar-refractivity contribution in [3.63, 3.8) is 0 Å². The second-order valence-electron chi connectivity index (χ2n) is 10.5. The SMILES string of the molecule is CCOc1cncc(-c2cnc(C(=O)NC(CN3CCN(C4CC4)CC3)c3cc(NS(=O)(=O)C4CC4)ncn3)s2)n1. The topological polar surface area (TPSA) is 155 Å². The number of hydrogen-bond acceptors (Lipinski definition) is 12. The minimum absolute atomic E-state index is 0.198. The van der Waals surface area contributed by atoms with Crippen molar-refractivity contribution < 1.29 is 17.9 Å². The normalized spacial score (nSPS) is 19.0. The average Bonchev–Trinajstić information content (AvgIpc) is 3.91. The van der Waals surface area contributed by atoms with Gasteiger partial charge in [-0.05, 0) is 32.6 Å². The highest BCUT2D eigenvalue weighted by molar-refractivity contribution is 7.93. The van der Waals surface area contributed by atoms with Gasteiger partial charge in [-0.1, -0.05) is 0 Å². The van der Waals surface area contributed by atoms with Crippen molar-refractivity contribution in [1.82, 2.24) is 40.0 Å². The van der Waals surface area contributed by atoms with Crippen LogP contribution in [0.3, 0.4) is 0 Å². The van der Waals surface area contributed by atoms with Crippen LogP contribution in [0.2, 0.25) is 0 Å². The highest BCUT2D eigenvalue weighted by Gasteiger charge is 2.36. The zero-order valence-electron chi connectivity index (χ0n) is 22.8. The van der Waals surface area contributed by atoms with E-state index >= 15 is 0 Å². The lowest BCUT2D eigenvalue weighted by molar-refractivity contribution is 0.0889. The predicted molar refractivity (Wildman–Crippen MR) is 153 cm³/mol. The van der Waals surface area contributed by atoms with E-state index in [9.17, 15) is 13.2 Å². The van der Waals surface area contributed by atoms with Crippen LogP contribution < -0.4 is 14.8 Å². The summed E-state index contributed by atoms with van der Waals surface area (Å²) in [5.41, 5.74) is 1.10. The zero-order valence-corrected chi connectivity index (χ0v) is 24.4. The van der Waals surface area contributed by atoms with E-state index in [2.05, 4.69) is 44.8 Å². The lowest BCUT2D eigenvalue weighted by atomic mass is 10.1. The molecule has 2 N–H and O–H groups in total. The number of nitrogens with one attached hydrogen (secondary N) is 2. The molecule has 0 spiro atoms. The van der Waals surface area contributed by atoms with E-state index in [1.54, 1.807) is 18.5 Å². The van der Waals surface area contributed by atoms with E-state index in [1.807, 2.05) is 6.92 Å². The van der Waals surface area contributed by atoms with Gasteiger partial charge in [0.15, 0.2) is 5.01 Å². The van der Waals surface area contributed by atoms with Gasteiger partial charge in [-0.3, -0.25) is 24.3 Å². The van der Waals surface area contributed by atoms with Crippen LogP contribution in [0.1, 0.15) is 54.1 Å². The molecule has 13 nitrogen and oxygen atoms in total. The minimum Gasteiger partial charge on any atom is -0.477 e. The molecule has 3 aromatic heterocycles. The number of thiazole rings is 1. The Hall–Kier alpha value is -3.27. The first-order valence-corrected chi connectivity index (χ1v) is 16.3. The third-order valence-electron chi connectivity index (χ3n) is 7.33. The third-order valence-corrected chi connectivity index (χ3v) is 10.2. The first-order valence-electron chi connectivity index (χ1n) is 13.9. The molecule has 2 saturated carbocycles. The van der Waals surface area contributed by atoms with Gasteiger partial charge in [0.2, 0.25) is 15.9 Å². The van der Waals surface area contributed by atoms with Gasteiger partial charge in [-0.15, -0.1) is 11.3 Å². The predicted octanol–water partition coefficient (Wildman–Crippen LogP) is 1.94. The molecule has 1 unspecified atom stereocenters. The minimum atomic E-state index is -3.49. The molecule has 4 heterocycles. The summed E-state index contributed by atoms with van der Waals surface area (Å²) in [6, 6.07) is 1.82. The molecule has 1 atom stereocenters. The molecular weight excluding hydrogens is 566 g/mol. The molecule has 0 radical (unpaired) electrons. The largest absolute Gasteiger partial charge is 0.477 e. The Kier molecular flexibility index (Phi) is 8.10. The fraction of sp³-hybridized carbons (Fsp3) is 0.538. The number of ether oxygens (including phenoxy) is 1. The summed E-state index contributed by atoms with van der Waals surface area (Å²) in [5.74, 6) is 0.252.